The molecule has 0 aliphatic heterocycles. The minimum Gasteiger partial charge on any atom is -0.392 e. The van der Waals surface area contributed by atoms with Gasteiger partial charge in [-0.05, 0) is 59.5 Å². The van der Waals surface area contributed by atoms with Crippen molar-refractivity contribution in [1.82, 2.24) is 4.98 Å². The van der Waals surface area contributed by atoms with Crippen molar-refractivity contribution in [2.75, 3.05) is 0 Å². The van der Waals surface area contributed by atoms with Gasteiger partial charge in [-0.15, -0.1) is 0 Å². The van der Waals surface area contributed by atoms with Crippen LogP contribution in [-0.4, -0.2) is 16.2 Å². The van der Waals surface area contributed by atoms with Crippen molar-refractivity contribution >= 4 is 15.9 Å². The van der Waals surface area contributed by atoms with E-state index >= 15 is 0 Å². The molecule has 0 amide bonds. The molecule has 1 aromatic carbocycles. The van der Waals surface area contributed by atoms with Crippen LogP contribution in [0, 0.1) is 13.8 Å². The molecule has 1 aromatic heterocycles. The fraction of sp³-hybridized carbons (Fsp3) is 0.312. The lowest BCUT2D eigenvalue weighted by molar-refractivity contribution is 0.174. The minimum atomic E-state index is -0.394. The molecule has 0 aliphatic carbocycles. The van der Waals surface area contributed by atoms with Gasteiger partial charge in [-0.1, -0.05) is 23.8 Å². The first-order valence-corrected chi connectivity index (χ1v) is 7.18. The lowest BCUT2D eigenvalue weighted by Gasteiger charge is -2.13. The third-order valence-corrected chi connectivity index (χ3v) is 3.66. The molecule has 2 nitrogen and oxygen atoms in total. The minimum absolute atomic E-state index is 0.394. The number of rotatable bonds is 4. The Kier molecular flexibility index (Phi) is 4.72. The largest absolute Gasteiger partial charge is 0.392 e. The third kappa shape index (κ3) is 4.15. The zero-order valence-corrected chi connectivity index (χ0v) is 12.8. The van der Waals surface area contributed by atoms with Crippen LogP contribution in [0.25, 0.3) is 0 Å². The number of hydrogen-bond donors (Lipinski definition) is 1. The summed E-state index contributed by atoms with van der Waals surface area (Å²) in [4.78, 5) is 4.29. The van der Waals surface area contributed by atoms with Crippen molar-refractivity contribution in [1.29, 1.82) is 0 Å². The van der Waals surface area contributed by atoms with Crippen LogP contribution in [-0.2, 0) is 12.8 Å². The second-order valence-electron chi connectivity index (χ2n) is 4.96. The Bertz CT molecular complexity index is 551. The Morgan fingerprint density at radius 2 is 1.95 bits per heavy atom. The zero-order valence-electron chi connectivity index (χ0n) is 11.2. The van der Waals surface area contributed by atoms with E-state index in [0.717, 1.165) is 10.2 Å². The van der Waals surface area contributed by atoms with E-state index in [-0.39, 0.29) is 0 Å². The molecule has 0 saturated heterocycles. The summed E-state index contributed by atoms with van der Waals surface area (Å²) in [6.45, 7) is 4.16. The van der Waals surface area contributed by atoms with Gasteiger partial charge in [0.15, 0.2) is 0 Å². The van der Waals surface area contributed by atoms with Crippen molar-refractivity contribution in [3.8, 4) is 0 Å². The van der Waals surface area contributed by atoms with Crippen LogP contribution < -0.4 is 0 Å². The Morgan fingerprint density at radius 3 is 2.63 bits per heavy atom. The molecule has 100 valence electrons. The number of hydrogen-bond acceptors (Lipinski definition) is 2. The Balaban J connectivity index is 2.02. The summed E-state index contributed by atoms with van der Waals surface area (Å²) in [7, 11) is 0. The second kappa shape index (κ2) is 6.31. The standard InChI is InChI=1S/C16H18BrNO/c1-11-3-4-12(2)13(7-11)8-16(19)9-15-6-5-14(17)10-18-15/h3-7,10,16,19H,8-9H2,1-2H3. The maximum absolute atomic E-state index is 10.2. The van der Waals surface area contributed by atoms with Crippen LogP contribution in [0.5, 0.6) is 0 Å². The van der Waals surface area contributed by atoms with Crippen molar-refractivity contribution in [2.24, 2.45) is 0 Å². The molecule has 1 N–H and O–H groups in total. The van der Waals surface area contributed by atoms with Gasteiger partial charge in [0.2, 0.25) is 0 Å². The number of benzene rings is 1. The Labute approximate surface area is 122 Å². The summed E-state index contributed by atoms with van der Waals surface area (Å²) in [6.07, 6.45) is 2.63. The number of aromatic nitrogens is 1. The highest BCUT2D eigenvalue weighted by Crippen LogP contribution is 2.15. The normalized spacial score (nSPS) is 12.4. The van der Waals surface area contributed by atoms with Gasteiger partial charge < -0.3 is 5.11 Å². The van der Waals surface area contributed by atoms with E-state index in [1.165, 1.54) is 16.7 Å². The molecule has 0 spiro atoms. The van der Waals surface area contributed by atoms with Gasteiger partial charge in [0, 0.05) is 22.8 Å². The van der Waals surface area contributed by atoms with Gasteiger partial charge in [-0.2, -0.15) is 0 Å². The lowest BCUT2D eigenvalue weighted by atomic mass is 9.98. The van der Waals surface area contributed by atoms with Crippen molar-refractivity contribution in [3.63, 3.8) is 0 Å². The molecular formula is C16H18BrNO. The third-order valence-electron chi connectivity index (χ3n) is 3.19. The summed E-state index contributed by atoms with van der Waals surface area (Å²) in [5.41, 5.74) is 4.59. The molecule has 0 fully saturated rings. The van der Waals surface area contributed by atoms with Crippen LogP contribution in [0.3, 0.4) is 0 Å². The smallest absolute Gasteiger partial charge is 0.0636 e. The Morgan fingerprint density at radius 1 is 1.16 bits per heavy atom. The van der Waals surface area contributed by atoms with E-state index in [2.05, 4.69) is 53.0 Å². The van der Waals surface area contributed by atoms with E-state index in [0.29, 0.717) is 12.8 Å². The molecule has 1 atom stereocenters. The number of nitrogens with zero attached hydrogens (tertiary/aromatic N) is 1. The lowest BCUT2D eigenvalue weighted by Crippen LogP contribution is -2.15. The van der Waals surface area contributed by atoms with E-state index in [1.54, 1.807) is 6.20 Å². The average Bonchev–Trinajstić information content (AvgIpc) is 2.37. The summed E-state index contributed by atoms with van der Waals surface area (Å²) in [5, 5.41) is 10.2. The Hall–Kier alpha value is -1.19. The van der Waals surface area contributed by atoms with Gasteiger partial charge in [0.1, 0.15) is 0 Å². The van der Waals surface area contributed by atoms with Crippen molar-refractivity contribution in [2.45, 2.75) is 32.8 Å². The quantitative estimate of drug-likeness (QED) is 0.933. The highest BCUT2D eigenvalue weighted by Gasteiger charge is 2.09. The molecule has 0 radical (unpaired) electrons. The molecule has 0 bridgehead atoms. The van der Waals surface area contributed by atoms with Gasteiger partial charge in [-0.25, -0.2) is 0 Å². The molecule has 1 unspecified atom stereocenters. The SMILES string of the molecule is Cc1ccc(C)c(CC(O)Cc2ccc(Br)cn2)c1. The number of aliphatic hydroxyl groups excluding tert-OH is 1. The molecule has 0 aliphatic rings. The summed E-state index contributed by atoms with van der Waals surface area (Å²) in [6, 6.07) is 10.2. The molecule has 2 rings (SSSR count). The van der Waals surface area contributed by atoms with Crippen LogP contribution in [0.15, 0.2) is 41.0 Å². The van der Waals surface area contributed by atoms with Crippen molar-refractivity contribution in [3.05, 3.63) is 63.4 Å². The van der Waals surface area contributed by atoms with Gasteiger partial charge in [0.25, 0.3) is 0 Å². The fourth-order valence-electron chi connectivity index (χ4n) is 2.11. The van der Waals surface area contributed by atoms with E-state index < -0.39 is 6.10 Å². The van der Waals surface area contributed by atoms with Crippen LogP contribution in [0.4, 0.5) is 0 Å². The van der Waals surface area contributed by atoms with Crippen LogP contribution >= 0.6 is 15.9 Å². The monoisotopic (exact) mass is 319 g/mol. The average molecular weight is 320 g/mol. The maximum Gasteiger partial charge on any atom is 0.0636 e. The van der Waals surface area contributed by atoms with E-state index in [1.807, 2.05) is 12.1 Å². The highest BCUT2D eigenvalue weighted by molar-refractivity contribution is 9.10. The van der Waals surface area contributed by atoms with Crippen LogP contribution in [0.2, 0.25) is 0 Å². The summed E-state index contributed by atoms with van der Waals surface area (Å²) < 4.78 is 0.959. The fourth-order valence-corrected chi connectivity index (χ4v) is 2.35. The van der Waals surface area contributed by atoms with Gasteiger partial charge in [-0.3, -0.25) is 4.98 Å². The zero-order chi connectivity index (χ0) is 13.8. The predicted molar refractivity (Wildman–Crippen MR) is 81.3 cm³/mol. The number of halogens is 1. The van der Waals surface area contributed by atoms with Gasteiger partial charge >= 0.3 is 0 Å². The predicted octanol–water partition coefficient (Wildman–Crippen LogP) is 3.61. The molecule has 1 heterocycles. The number of aliphatic hydroxyl groups is 1. The first-order chi connectivity index (χ1) is 9.04. The molecule has 19 heavy (non-hydrogen) atoms. The van der Waals surface area contributed by atoms with Crippen LogP contribution in [0.1, 0.15) is 22.4 Å². The molecule has 0 saturated carbocycles. The second-order valence-corrected chi connectivity index (χ2v) is 5.88. The maximum atomic E-state index is 10.2. The highest BCUT2D eigenvalue weighted by atomic mass is 79.9. The van der Waals surface area contributed by atoms with E-state index in [9.17, 15) is 5.11 Å². The summed E-state index contributed by atoms with van der Waals surface area (Å²) >= 11 is 3.36. The van der Waals surface area contributed by atoms with Crippen molar-refractivity contribution < 1.29 is 5.11 Å². The number of pyridine rings is 1. The molecule has 3 heteroatoms. The number of aryl methyl sites for hydroxylation is 2. The first-order valence-electron chi connectivity index (χ1n) is 6.39. The van der Waals surface area contributed by atoms with E-state index in [4.69, 9.17) is 0 Å². The first kappa shape index (κ1) is 14.2. The topological polar surface area (TPSA) is 33.1 Å². The summed E-state index contributed by atoms with van der Waals surface area (Å²) in [5.74, 6) is 0. The molecular weight excluding hydrogens is 302 g/mol. The molecule has 2 aromatic rings. The van der Waals surface area contributed by atoms with Gasteiger partial charge in [0.05, 0.1) is 6.10 Å².